The molecule has 1 fully saturated rings. The number of amides is 1. The number of H-pyrrole nitrogens is 1. The number of fused-ring (bicyclic) bond motifs is 2. The summed E-state index contributed by atoms with van der Waals surface area (Å²) in [5.74, 6) is 1.53. The van der Waals surface area contributed by atoms with Gasteiger partial charge in [-0.05, 0) is 61.5 Å². The van der Waals surface area contributed by atoms with Crippen LogP contribution in [-0.2, 0) is 17.8 Å². The molecule has 0 radical (unpaired) electrons. The molecule has 0 bridgehead atoms. The Labute approximate surface area is 214 Å². The highest BCUT2D eigenvalue weighted by Gasteiger charge is 2.23. The fourth-order valence-electron chi connectivity index (χ4n) is 4.65. The minimum Gasteiger partial charge on any atom is -0.454 e. The molecule has 3 heterocycles. The van der Waals surface area contributed by atoms with Gasteiger partial charge in [0.2, 0.25) is 6.79 Å². The first-order valence-electron chi connectivity index (χ1n) is 12.3. The van der Waals surface area contributed by atoms with Crippen molar-refractivity contribution in [3.63, 3.8) is 0 Å². The van der Waals surface area contributed by atoms with Crippen molar-refractivity contribution >= 4 is 29.0 Å². The Morgan fingerprint density at radius 2 is 1.89 bits per heavy atom. The van der Waals surface area contributed by atoms with Crippen LogP contribution in [0.15, 0.2) is 41.2 Å². The van der Waals surface area contributed by atoms with E-state index in [1.165, 1.54) is 0 Å². The molecule has 3 aromatic rings. The zero-order valence-corrected chi connectivity index (χ0v) is 21.1. The zero-order chi connectivity index (χ0) is 25.1. The van der Waals surface area contributed by atoms with Crippen molar-refractivity contribution in [2.24, 2.45) is 0 Å². The van der Waals surface area contributed by atoms with Crippen molar-refractivity contribution in [3.05, 3.63) is 62.6 Å². The number of aromatic nitrogens is 2. The topological polar surface area (TPSA) is 89.0 Å². The van der Waals surface area contributed by atoms with Crippen molar-refractivity contribution in [2.75, 3.05) is 46.2 Å². The molecule has 36 heavy (non-hydrogen) atoms. The van der Waals surface area contributed by atoms with Crippen LogP contribution in [0.4, 0.5) is 0 Å². The van der Waals surface area contributed by atoms with Gasteiger partial charge in [-0.1, -0.05) is 6.07 Å². The third-order valence-corrected chi connectivity index (χ3v) is 6.93. The number of hydrogen-bond acceptors (Lipinski definition) is 7. The minimum atomic E-state index is -0.152. The molecule has 0 spiro atoms. The van der Waals surface area contributed by atoms with E-state index in [2.05, 4.69) is 16.0 Å². The summed E-state index contributed by atoms with van der Waals surface area (Å²) in [5, 5.41) is 0.519. The maximum Gasteiger partial charge on any atom is 0.262 e. The van der Waals surface area contributed by atoms with Crippen molar-refractivity contribution < 1.29 is 19.0 Å². The molecule has 0 unspecified atom stereocenters. The average molecular weight is 511 g/mol. The molecule has 0 aliphatic carbocycles. The van der Waals surface area contributed by atoms with Gasteiger partial charge >= 0.3 is 0 Å². The van der Waals surface area contributed by atoms with Crippen LogP contribution < -0.4 is 15.0 Å². The molecule has 9 nitrogen and oxygen atoms in total. The molecule has 2 aromatic carbocycles. The molecule has 190 valence electrons. The molecule has 0 atom stereocenters. The first kappa shape index (κ1) is 24.5. The standard InChI is InChI=1S/C26H30N4O5S/c1-2-33-13-3-8-30-25(32)20-6-5-19(15-21(20)27-26(30)36)24(31)29-11-9-28(10-12-29)16-18-4-7-22-23(14-18)35-17-34-22/h4-7,14-15H,2-3,8-13,16-17H2,1H3,(H,27,36). The summed E-state index contributed by atoms with van der Waals surface area (Å²) in [6, 6.07) is 11.2. The van der Waals surface area contributed by atoms with Crippen molar-refractivity contribution in [3.8, 4) is 11.5 Å². The Balaban J connectivity index is 1.23. The van der Waals surface area contributed by atoms with Crippen LogP contribution in [0.5, 0.6) is 11.5 Å². The third-order valence-electron chi connectivity index (χ3n) is 6.61. The molecule has 1 N–H and O–H groups in total. The molecular weight excluding hydrogens is 480 g/mol. The Bertz CT molecular complexity index is 1380. The average Bonchev–Trinajstić information content (AvgIpc) is 3.36. The molecule has 1 aromatic heterocycles. The fourth-order valence-corrected chi connectivity index (χ4v) is 4.93. The van der Waals surface area contributed by atoms with E-state index in [1.54, 1.807) is 22.8 Å². The number of ether oxygens (including phenoxy) is 3. The predicted octanol–water partition coefficient (Wildman–Crippen LogP) is 3.17. The number of nitrogens with zero attached hydrogens (tertiary/aromatic N) is 3. The van der Waals surface area contributed by atoms with Gasteiger partial charge in [-0.15, -0.1) is 0 Å². The van der Waals surface area contributed by atoms with Gasteiger partial charge in [0.1, 0.15) is 0 Å². The lowest BCUT2D eigenvalue weighted by Gasteiger charge is -2.34. The summed E-state index contributed by atoms with van der Waals surface area (Å²) >= 11 is 5.42. The number of carbonyl (C=O) groups excluding carboxylic acids is 1. The largest absolute Gasteiger partial charge is 0.454 e. The minimum absolute atomic E-state index is 0.0418. The molecule has 2 aliphatic rings. The van der Waals surface area contributed by atoms with E-state index in [-0.39, 0.29) is 18.3 Å². The van der Waals surface area contributed by atoms with Crippen LogP contribution in [0.25, 0.3) is 10.9 Å². The van der Waals surface area contributed by atoms with Crippen molar-refractivity contribution in [1.29, 1.82) is 0 Å². The Kier molecular flexibility index (Phi) is 7.35. The first-order valence-corrected chi connectivity index (χ1v) is 12.7. The Morgan fingerprint density at radius 3 is 2.69 bits per heavy atom. The lowest BCUT2D eigenvalue weighted by molar-refractivity contribution is 0.0628. The number of piperazine rings is 1. The van der Waals surface area contributed by atoms with Gasteiger partial charge in [0.25, 0.3) is 11.5 Å². The number of aromatic amines is 1. The molecule has 0 saturated carbocycles. The first-order chi connectivity index (χ1) is 17.5. The van der Waals surface area contributed by atoms with Crippen LogP contribution in [0.3, 0.4) is 0 Å². The zero-order valence-electron chi connectivity index (χ0n) is 20.3. The van der Waals surface area contributed by atoms with E-state index < -0.39 is 0 Å². The highest BCUT2D eigenvalue weighted by molar-refractivity contribution is 7.71. The fraction of sp³-hybridized carbons (Fsp3) is 0.423. The predicted molar refractivity (Wildman–Crippen MR) is 138 cm³/mol. The van der Waals surface area contributed by atoms with Gasteiger partial charge in [0.05, 0.1) is 10.9 Å². The van der Waals surface area contributed by atoms with Gasteiger partial charge in [-0.25, -0.2) is 0 Å². The number of rotatable bonds is 8. The van der Waals surface area contributed by atoms with Crippen molar-refractivity contribution in [2.45, 2.75) is 26.4 Å². The van der Waals surface area contributed by atoms with Crippen LogP contribution in [0, 0.1) is 4.77 Å². The molecule has 1 amide bonds. The summed E-state index contributed by atoms with van der Waals surface area (Å²) in [6.07, 6.45) is 0.702. The van der Waals surface area contributed by atoms with E-state index in [1.807, 2.05) is 24.0 Å². The number of benzene rings is 2. The molecule has 2 aliphatic heterocycles. The lowest BCUT2D eigenvalue weighted by atomic mass is 10.1. The van der Waals surface area contributed by atoms with Gasteiger partial charge in [0.15, 0.2) is 16.3 Å². The van der Waals surface area contributed by atoms with Crippen LogP contribution in [0.2, 0.25) is 0 Å². The summed E-state index contributed by atoms with van der Waals surface area (Å²) in [4.78, 5) is 33.5. The smallest absolute Gasteiger partial charge is 0.262 e. The number of carbonyl (C=O) groups is 1. The van der Waals surface area contributed by atoms with E-state index >= 15 is 0 Å². The second-order valence-corrected chi connectivity index (χ2v) is 9.34. The van der Waals surface area contributed by atoms with E-state index in [9.17, 15) is 9.59 Å². The van der Waals surface area contributed by atoms with Crippen LogP contribution in [0.1, 0.15) is 29.3 Å². The van der Waals surface area contributed by atoms with Gasteiger partial charge in [-0.3, -0.25) is 19.1 Å². The van der Waals surface area contributed by atoms with Gasteiger partial charge in [-0.2, -0.15) is 0 Å². The van der Waals surface area contributed by atoms with E-state index in [4.69, 9.17) is 26.4 Å². The quantitative estimate of drug-likeness (QED) is 0.368. The van der Waals surface area contributed by atoms with E-state index in [0.29, 0.717) is 60.5 Å². The third kappa shape index (κ3) is 5.16. The molecule has 5 rings (SSSR count). The summed E-state index contributed by atoms with van der Waals surface area (Å²) in [6.45, 7) is 7.55. The second kappa shape index (κ2) is 10.8. The normalized spacial score (nSPS) is 15.5. The Hall–Kier alpha value is -3.21. The van der Waals surface area contributed by atoms with E-state index in [0.717, 1.165) is 36.7 Å². The van der Waals surface area contributed by atoms with Gasteiger partial charge < -0.3 is 24.1 Å². The maximum absolute atomic E-state index is 13.2. The molecular formula is C26H30N4O5S. The number of nitrogens with one attached hydrogen (secondary N) is 1. The number of hydrogen-bond donors (Lipinski definition) is 1. The highest BCUT2D eigenvalue weighted by Crippen LogP contribution is 2.32. The lowest BCUT2D eigenvalue weighted by Crippen LogP contribution is -2.48. The molecule has 10 heteroatoms. The monoisotopic (exact) mass is 510 g/mol. The van der Waals surface area contributed by atoms with Crippen LogP contribution >= 0.6 is 12.2 Å². The van der Waals surface area contributed by atoms with Crippen LogP contribution in [-0.4, -0.2) is 71.4 Å². The SMILES string of the molecule is CCOCCCn1c(=S)[nH]c2cc(C(=O)N3CCN(Cc4ccc5c(c4)OCO5)CC3)ccc2c1=O. The summed E-state index contributed by atoms with van der Waals surface area (Å²) in [7, 11) is 0. The highest BCUT2D eigenvalue weighted by atomic mass is 32.1. The van der Waals surface area contributed by atoms with Gasteiger partial charge in [0, 0.05) is 58.0 Å². The summed E-state index contributed by atoms with van der Waals surface area (Å²) < 4.78 is 18.1. The maximum atomic E-state index is 13.2. The Morgan fingerprint density at radius 1 is 1.08 bits per heavy atom. The second-order valence-electron chi connectivity index (χ2n) is 8.95. The molecule has 1 saturated heterocycles. The van der Waals surface area contributed by atoms with Crippen molar-refractivity contribution in [1.82, 2.24) is 19.4 Å². The summed E-state index contributed by atoms with van der Waals surface area (Å²) in [5.41, 5.74) is 2.14.